The average molecular weight is 403 g/mol. The second kappa shape index (κ2) is 8.38. The topological polar surface area (TPSA) is 108 Å². The summed E-state index contributed by atoms with van der Waals surface area (Å²) >= 11 is 0. The number of carbonyl (C=O) groups excluding carboxylic acids is 3. The number of amides is 3. The number of likely N-dealkylation sites (tertiary alicyclic amines) is 1. The van der Waals surface area contributed by atoms with Crippen molar-refractivity contribution < 1.29 is 29.0 Å². The lowest BCUT2D eigenvalue weighted by Crippen LogP contribution is -2.56. The molecule has 3 heterocycles. The summed E-state index contributed by atoms with van der Waals surface area (Å²) in [5, 5.41) is 12.4. The largest absolute Gasteiger partial charge is 0.508 e. The first-order chi connectivity index (χ1) is 14.0. The Morgan fingerprint density at radius 2 is 1.90 bits per heavy atom. The first kappa shape index (κ1) is 19.7. The van der Waals surface area contributed by atoms with E-state index in [4.69, 9.17) is 9.47 Å². The molecule has 0 bridgehead atoms. The molecule has 3 atom stereocenters. The van der Waals surface area contributed by atoms with E-state index in [0.29, 0.717) is 39.3 Å². The standard InChI is InChI=1S/C20H25N3O6/c24-14-3-1-13(2-4-14)11-15(21-20(27)22-7-9-28-10-8-22)19(26)23-6-5-17-18(23)16(25)12-29-17/h1-4,15,17-18,24H,5-12H2,(H,21,27)/t15-,17+,18+/m0/s1. The average Bonchev–Trinajstić information content (AvgIpc) is 3.32. The third kappa shape index (κ3) is 4.20. The number of hydrogen-bond acceptors (Lipinski definition) is 6. The summed E-state index contributed by atoms with van der Waals surface area (Å²) in [5.74, 6) is -0.250. The van der Waals surface area contributed by atoms with E-state index in [1.807, 2.05) is 0 Å². The van der Waals surface area contributed by atoms with Crippen LogP contribution in [0.5, 0.6) is 5.75 Å². The van der Waals surface area contributed by atoms with Crippen molar-refractivity contribution in [2.24, 2.45) is 0 Å². The van der Waals surface area contributed by atoms with Gasteiger partial charge in [0.1, 0.15) is 24.4 Å². The number of urea groups is 1. The Kier molecular flexibility index (Phi) is 5.68. The van der Waals surface area contributed by atoms with E-state index in [2.05, 4.69) is 5.32 Å². The molecule has 29 heavy (non-hydrogen) atoms. The van der Waals surface area contributed by atoms with Gasteiger partial charge in [0.05, 0.1) is 19.3 Å². The van der Waals surface area contributed by atoms with Crippen LogP contribution in [-0.4, -0.2) is 90.3 Å². The van der Waals surface area contributed by atoms with Gasteiger partial charge in [-0.05, 0) is 24.1 Å². The van der Waals surface area contributed by atoms with E-state index in [-0.39, 0.29) is 42.6 Å². The van der Waals surface area contributed by atoms with E-state index >= 15 is 0 Å². The van der Waals surface area contributed by atoms with Crippen molar-refractivity contribution in [3.8, 4) is 5.75 Å². The highest BCUT2D eigenvalue weighted by atomic mass is 16.5. The van der Waals surface area contributed by atoms with Crippen LogP contribution in [0, 0.1) is 0 Å². The predicted octanol–water partition coefficient (Wildman–Crippen LogP) is -0.0861. The van der Waals surface area contributed by atoms with Crippen LogP contribution in [0.1, 0.15) is 12.0 Å². The molecule has 1 aromatic rings. The summed E-state index contributed by atoms with van der Waals surface area (Å²) in [7, 11) is 0. The minimum Gasteiger partial charge on any atom is -0.508 e. The van der Waals surface area contributed by atoms with Crippen LogP contribution in [0.2, 0.25) is 0 Å². The quantitative estimate of drug-likeness (QED) is 0.728. The number of phenolic OH excluding ortho intramolecular Hbond substituents is 1. The third-order valence-corrected chi connectivity index (χ3v) is 5.67. The zero-order valence-corrected chi connectivity index (χ0v) is 16.1. The molecule has 3 aliphatic heterocycles. The number of aromatic hydroxyl groups is 1. The Morgan fingerprint density at radius 1 is 1.17 bits per heavy atom. The van der Waals surface area contributed by atoms with E-state index in [0.717, 1.165) is 5.56 Å². The molecule has 0 aromatic heterocycles. The molecule has 2 N–H and O–H groups in total. The number of carbonyl (C=O) groups is 3. The van der Waals surface area contributed by atoms with Crippen molar-refractivity contribution in [1.29, 1.82) is 0 Å². The summed E-state index contributed by atoms with van der Waals surface area (Å²) < 4.78 is 10.8. The van der Waals surface area contributed by atoms with Crippen molar-refractivity contribution in [2.45, 2.75) is 31.0 Å². The number of fused-ring (bicyclic) bond motifs is 1. The van der Waals surface area contributed by atoms with Crippen molar-refractivity contribution in [3.05, 3.63) is 29.8 Å². The smallest absolute Gasteiger partial charge is 0.318 e. The summed E-state index contributed by atoms with van der Waals surface area (Å²) in [5.41, 5.74) is 0.799. The van der Waals surface area contributed by atoms with Crippen LogP contribution in [-0.2, 0) is 25.5 Å². The number of nitrogens with one attached hydrogen (secondary N) is 1. The van der Waals surface area contributed by atoms with Crippen LogP contribution >= 0.6 is 0 Å². The summed E-state index contributed by atoms with van der Waals surface area (Å²) in [6, 6.07) is 4.81. The normalized spacial score (nSPS) is 25.0. The molecule has 3 aliphatic rings. The monoisotopic (exact) mass is 403 g/mol. The highest BCUT2D eigenvalue weighted by molar-refractivity contribution is 5.95. The SMILES string of the molecule is O=C1CO[C@@H]2CCN(C(=O)[C@H](Cc3ccc(O)cc3)NC(=O)N3CCOCC3)[C@H]12. The number of morpholine rings is 1. The molecule has 0 aliphatic carbocycles. The minimum absolute atomic E-state index is 0.0296. The molecule has 0 radical (unpaired) electrons. The number of hydrogen-bond donors (Lipinski definition) is 2. The van der Waals surface area contributed by atoms with Gasteiger partial charge in [0.2, 0.25) is 5.91 Å². The Morgan fingerprint density at radius 3 is 2.62 bits per heavy atom. The summed E-state index contributed by atoms with van der Waals surface area (Å²) in [6.45, 7) is 2.32. The molecule has 3 saturated heterocycles. The number of ketones is 1. The molecule has 9 nitrogen and oxygen atoms in total. The van der Waals surface area contributed by atoms with Crippen LogP contribution in [0.4, 0.5) is 4.79 Å². The zero-order valence-electron chi connectivity index (χ0n) is 16.1. The van der Waals surface area contributed by atoms with Gasteiger partial charge in [0, 0.05) is 26.1 Å². The lowest BCUT2D eigenvalue weighted by molar-refractivity contribution is -0.138. The van der Waals surface area contributed by atoms with E-state index in [1.165, 1.54) is 0 Å². The van der Waals surface area contributed by atoms with E-state index in [9.17, 15) is 19.5 Å². The fourth-order valence-corrected chi connectivity index (χ4v) is 4.12. The Hall–Kier alpha value is -2.65. The van der Waals surface area contributed by atoms with Gasteiger partial charge in [0.15, 0.2) is 5.78 Å². The number of ether oxygens (including phenoxy) is 2. The van der Waals surface area contributed by atoms with E-state index < -0.39 is 12.1 Å². The highest BCUT2D eigenvalue weighted by Gasteiger charge is 2.48. The van der Waals surface area contributed by atoms with Crippen molar-refractivity contribution in [2.75, 3.05) is 39.5 Å². The molecular formula is C20H25N3O6. The van der Waals surface area contributed by atoms with Crippen LogP contribution in [0.3, 0.4) is 0 Å². The maximum atomic E-state index is 13.3. The second-order valence-corrected chi connectivity index (χ2v) is 7.55. The maximum absolute atomic E-state index is 13.3. The minimum atomic E-state index is -0.818. The molecule has 0 saturated carbocycles. The molecule has 9 heteroatoms. The summed E-state index contributed by atoms with van der Waals surface area (Å²) in [4.78, 5) is 41.4. The predicted molar refractivity (Wildman–Crippen MR) is 101 cm³/mol. The fraction of sp³-hybridized carbons (Fsp3) is 0.550. The van der Waals surface area contributed by atoms with Gasteiger partial charge in [-0.2, -0.15) is 0 Å². The van der Waals surface area contributed by atoms with Crippen LogP contribution in [0.15, 0.2) is 24.3 Å². The highest BCUT2D eigenvalue weighted by Crippen LogP contribution is 2.28. The van der Waals surface area contributed by atoms with Crippen LogP contribution in [0.25, 0.3) is 0 Å². The van der Waals surface area contributed by atoms with Gasteiger partial charge in [-0.3, -0.25) is 9.59 Å². The second-order valence-electron chi connectivity index (χ2n) is 7.55. The van der Waals surface area contributed by atoms with E-state index in [1.54, 1.807) is 34.1 Å². The van der Waals surface area contributed by atoms with Gasteiger partial charge < -0.3 is 29.7 Å². The first-order valence-electron chi connectivity index (χ1n) is 9.89. The molecular weight excluding hydrogens is 378 g/mol. The molecule has 4 rings (SSSR count). The molecule has 1 aromatic carbocycles. The number of benzene rings is 1. The maximum Gasteiger partial charge on any atom is 0.318 e. The molecule has 0 unspecified atom stereocenters. The fourth-order valence-electron chi connectivity index (χ4n) is 4.12. The van der Waals surface area contributed by atoms with Gasteiger partial charge in [-0.25, -0.2) is 4.79 Å². The zero-order chi connectivity index (χ0) is 20.4. The van der Waals surface area contributed by atoms with Crippen molar-refractivity contribution >= 4 is 17.7 Å². The number of nitrogens with zero attached hydrogens (tertiary/aromatic N) is 2. The van der Waals surface area contributed by atoms with Crippen LogP contribution < -0.4 is 5.32 Å². The van der Waals surface area contributed by atoms with Gasteiger partial charge >= 0.3 is 6.03 Å². The summed E-state index contributed by atoms with van der Waals surface area (Å²) in [6.07, 6.45) is 0.625. The van der Waals surface area contributed by atoms with Gasteiger partial charge in [-0.1, -0.05) is 12.1 Å². The van der Waals surface area contributed by atoms with Crippen molar-refractivity contribution in [1.82, 2.24) is 15.1 Å². The lowest BCUT2D eigenvalue weighted by Gasteiger charge is -2.31. The molecule has 3 amide bonds. The third-order valence-electron chi connectivity index (χ3n) is 5.67. The number of Topliss-reactive ketones (excluding diaryl/α,β-unsaturated/α-hetero) is 1. The molecule has 0 spiro atoms. The lowest BCUT2D eigenvalue weighted by atomic mass is 10.0. The van der Waals surface area contributed by atoms with Gasteiger partial charge in [0.25, 0.3) is 0 Å². The Bertz CT molecular complexity index is 777. The first-order valence-corrected chi connectivity index (χ1v) is 9.89. The molecule has 156 valence electrons. The Balaban J connectivity index is 1.51. The number of phenols is 1. The number of rotatable bonds is 4. The Labute approximate surface area is 168 Å². The van der Waals surface area contributed by atoms with Gasteiger partial charge in [-0.15, -0.1) is 0 Å². The molecule has 3 fully saturated rings. The van der Waals surface area contributed by atoms with Crippen molar-refractivity contribution in [3.63, 3.8) is 0 Å².